The van der Waals surface area contributed by atoms with Crippen molar-refractivity contribution in [3.05, 3.63) is 59.4 Å². The van der Waals surface area contributed by atoms with Gasteiger partial charge in [0.05, 0.1) is 0 Å². The summed E-state index contributed by atoms with van der Waals surface area (Å²) in [5.41, 5.74) is 2.41. The number of halogens is 3. The van der Waals surface area contributed by atoms with Gasteiger partial charge in [0.25, 0.3) is 0 Å². The van der Waals surface area contributed by atoms with Crippen LogP contribution in [0.25, 0.3) is 11.1 Å². The van der Waals surface area contributed by atoms with Gasteiger partial charge in [0.2, 0.25) is 0 Å². The van der Waals surface area contributed by atoms with E-state index in [0.29, 0.717) is 11.5 Å². The van der Waals surface area contributed by atoms with Crippen LogP contribution in [0.4, 0.5) is 13.2 Å². The number of benzene rings is 2. The van der Waals surface area contributed by atoms with E-state index in [4.69, 9.17) is 0 Å². The molecule has 0 unspecified atom stereocenters. The predicted octanol–water partition coefficient (Wildman–Crippen LogP) is 9.43. The number of unbranched alkanes of at least 4 members (excludes halogenated alkanes) is 2. The van der Waals surface area contributed by atoms with Gasteiger partial charge in [0, 0.05) is 0 Å². The molecule has 4 rings (SSSR count). The molecule has 0 heterocycles. The lowest BCUT2D eigenvalue weighted by Gasteiger charge is -2.38. The minimum atomic E-state index is -1.41. The lowest BCUT2D eigenvalue weighted by atomic mass is 9.68. The largest absolute Gasteiger partial charge is 0.204 e. The van der Waals surface area contributed by atoms with Gasteiger partial charge in [0.15, 0.2) is 17.5 Å². The van der Waals surface area contributed by atoms with Crippen LogP contribution in [0.3, 0.4) is 0 Å². The second-order valence-corrected chi connectivity index (χ2v) is 10.3. The maximum atomic E-state index is 13.6. The maximum Gasteiger partial charge on any atom is 0.194 e. The zero-order valence-corrected chi connectivity index (χ0v) is 19.4. The van der Waals surface area contributed by atoms with Crippen molar-refractivity contribution in [2.75, 3.05) is 0 Å². The van der Waals surface area contributed by atoms with Crippen molar-refractivity contribution in [3.63, 3.8) is 0 Å². The van der Waals surface area contributed by atoms with Crippen LogP contribution in [-0.2, 0) is 0 Å². The molecular formula is C29H37F3. The van der Waals surface area contributed by atoms with Crippen molar-refractivity contribution in [2.45, 2.75) is 89.9 Å². The second kappa shape index (κ2) is 10.9. The third-order valence-corrected chi connectivity index (χ3v) is 8.25. The van der Waals surface area contributed by atoms with Gasteiger partial charge in [0.1, 0.15) is 0 Å². The van der Waals surface area contributed by atoms with E-state index in [1.165, 1.54) is 82.6 Å². The van der Waals surface area contributed by atoms with E-state index in [9.17, 15) is 13.2 Å². The summed E-state index contributed by atoms with van der Waals surface area (Å²) < 4.78 is 40.4. The first-order valence-electron chi connectivity index (χ1n) is 12.8. The van der Waals surface area contributed by atoms with Crippen molar-refractivity contribution in [2.24, 2.45) is 17.8 Å². The Labute approximate surface area is 191 Å². The molecule has 2 aromatic rings. The summed E-state index contributed by atoms with van der Waals surface area (Å²) in [7, 11) is 0. The highest BCUT2D eigenvalue weighted by Crippen LogP contribution is 2.44. The molecule has 0 aromatic heterocycles. The number of rotatable bonds is 7. The normalized spacial score (nSPS) is 26.2. The topological polar surface area (TPSA) is 0 Å². The zero-order valence-electron chi connectivity index (χ0n) is 19.4. The monoisotopic (exact) mass is 442 g/mol. The second-order valence-electron chi connectivity index (χ2n) is 10.3. The fourth-order valence-electron chi connectivity index (χ4n) is 6.23. The lowest BCUT2D eigenvalue weighted by molar-refractivity contribution is 0.155. The first-order valence-corrected chi connectivity index (χ1v) is 12.8. The van der Waals surface area contributed by atoms with Crippen LogP contribution in [-0.4, -0.2) is 0 Å². The molecule has 2 aliphatic rings. The highest BCUT2D eigenvalue weighted by atomic mass is 19.2. The summed E-state index contributed by atoms with van der Waals surface area (Å²) >= 11 is 0. The van der Waals surface area contributed by atoms with Crippen molar-refractivity contribution in [1.82, 2.24) is 0 Å². The maximum absolute atomic E-state index is 13.6. The molecule has 0 saturated heterocycles. The zero-order chi connectivity index (χ0) is 22.5. The minimum absolute atomic E-state index is 0.377. The summed E-state index contributed by atoms with van der Waals surface area (Å²) in [6.07, 6.45) is 16.5. The van der Waals surface area contributed by atoms with Gasteiger partial charge in [-0.15, -0.1) is 0 Å². The molecule has 0 atom stereocenters. The van der Waals surface area contributed by atoms with Crippen LogP contribution in [0.2, 0.25) is 0 Å². The highest BCUT2D eigenvalue weighted by Gasteiger charge is 2.31. The summed E-state index contributed by atoms with van der Waals surface area (Å²) in [5.74, 6) is -0.304. The molecular weight excluding hydrogens is 405 g/mol. The molecule has 0 aliphatic heterocycles. The Morgan fingerprint density at radius 2 is 1.25 bits per heavy atom. The van der Waals surface area contributed by atoms with Gasteiger partial charge < -0.3 is 0 Å². The van der Waals surface area contributed by atoms with Gasteiger partial charge in [-0.3, -0.25) is 0 Å². The summed E-state index contributed by atoms with van der Waals surface area (Å²) in [6, 6.07) is 10.1. The van der Waals surface area contributed by atoms with Gasteiger partial charge in [-0.2, -0.15) is 0 Å². The average Bonchev–Trinajstić information content (AvgIpc) is 2.83. The third-order valence-electron chi connectivity index (χ3n) is 8.25. The number of hydrogen-bond donors (Lipinski definition) is 0. The lowest BCUT2D eigenvalue weighted by Crippen LogP contribution is -2.25. The van der Waals surface area contributed by atoms with Crippen LogP contribution in [0.15, 0.2) is 36.4 Å². The third kappa shape index (κ3) is 5.58. The van der Waals surface area contributed by atoms with Gasteiger partial charge in [-0.25, -0.2) is 13.2 Å². The van der Waals surface area contributed by atoms with Gasteiger partial charge in [-0.05, 0) is 91.0 Å². The van der Waals surface area contributed by atoms with Crippen molar-refractivity contribution >= 4 is 0 Å². The van der Waals surface area contributed by atoms with Crippen LogP contribution in [0, 0.1) is 35.2 Å². The Kier molecular flexibility index (Phi) is 7.97. The molecule has 0 spiro atoms. The van der Waals surface area contributed by atoms with Crippen LogP contribution >= 0.6 is 0 Å². The van der Waals surface area contributed by atoms with Gasteiger partial charge in [-0.1, -0.05) is 69.7 Å². The van der Waals surface area contributed by atoms with E-state index in [1.54, 1.807) is 0 Å². The molecule has 3 heteroatoms. The molecule has 174 valence electrons. The van der Waals surface area contributed by atoms with E-state index in [1.807, 2.05) is 12.1 Å². The van der Waals surface area contributed by atoms with Gasteiger partial charge >= 0.3 is 0 Å². The van der Waals surface area contributed by atoms with E-state index in [2.05, 4.69) is 19.1 Å². The Morgan fingerprint density at radius 3 is 1.81 bits per heavy atom. The summed E-state index contributed by atoms with van der Waals surface area (Å²) in [6.45, 7) is 2.29. The predicted molar refractivity (Wildman–Crippen MR) is 126 cm³/mol. The smallest absolute Gasteiger partial charge is 0.194 e. The molecule has 32 heavy (non-hydrogen) atoms. The molecule has 0 bridgehead atoms. The Hall–Kier alpha value is -1.77. The standard InChI is InChI=1S/C29H37F3/c1-2-3-4-5-20-6-8-21(9-7-20)22-10-12-23(13-11-22)24-14-16-25(17-15-24)26-18-27(30)29(32)28(31)19-26/h14-23H,2-13H2,1H3. The fourth-order valence-corrected chi connectivity index (χ4v) is 6.23. The first-order chi connectivity index (χ1) is 15.5. The van der Waals surface area contributed by atoms with Crippen LogP contribution in [0.1, 0.15) is 95.5 Å². The SMILES string of the molecule is CCCCCC1CCC(C2CCC(c3ccc(-c4cc(F)c(F)c(F)c4)cc3)CC2)CC1. The molecule has 0 nitrogen and oxygen atoms in total. The molecule has 0 radical (unpaired) electrons. The highest BCUT2D eigenvalue weighted by molar-refractivity contribution is 5.64. The average molecular weight is 443 g/mol. The Balaban J connectivity index is 1.28. The van der Waals surface area contributed by atoms with Crippen LogP contribution < -0.4 is 0 Å². The molecule has 0 N–H and O–H groups in total. The van der Waals surface area contributed by atoms with E-state index in [0.717, 1.165) is 35.4 Å². The van der Waals surface area contributed by atoms with Crippen molar-refractivity contribution < 1.29 is 13.2 Å². The van der Waals surface area contributed by atoms with Crippen molar-refractivity contribution in [1.29, 1.82) is 0 Å². The summed E-state index contributed by atoms with van der Waals surface area (Å²) in [5, 5.41) is 0. The van der Waals surface area contributed by atoms with E-state index in [-0.39, 0.29) is 0 Å². The first kappa shape index (κ1) is 23.4. The Bertz CT molecular complexity index is 833. The molecule has 0 amide bonds. The fraction of sp³-hybridized carbons (Fsp3) is 0.586. The van der Waals surface area contributed by atoms with E-state index >= 15 is 0 Å². The quantitative estimate of drug-likeness (QED) is 0.296. The molecule has 2 saturated carbocycles. The number of hydrogen-bond acceptors (Lipinski definition) is 0. The van der Waals surface area contributed by atoms with E-state index < -0.39 is 17.5 Å². The molecule has 2 aliphatic carbocycles. The van der Waals surface area contributed by atoms with Crippen molar-refractivity contribution in [3.8, 4) is 11.1 Å². The van der Waals surface area contributed by atoms with Crippen LogP contribution in [0.5, 0.6) is 0 Å². The molecule has 2 aromatic carbocycles. The summed E-state index contributed by atoms with van der Waals surface area (Å²) in [4.78, 5) is 0. The Morgan fingerprint density at radius 1 is 0.688 bits per heavy atom. The minimum Gasteiger partial charge on any atom is -0.204 e. The molecule has 2 fully saturated rings.